The van der Waals surface area contributed by atoms with Gasteiger partial charge in [0.1, 0.15) is 11.3 Å². The van der Waals surface area contributed by atoms with Gasteiger partial charge in [0.25, 0.3) is 5.91 Å². The van der Waals surface area contributed by atoms with Crippen LogP contribution in [-0.2, 0) is 10.3 Å². The van der Waals surface area contributed by atoms with Crippen molar-refractivity contribution >= 4 is 11.9 Å². The number of nitrogens with one attached hydrogen (secondary N) is 1. The zero-order chi connectivity index (χ0) is 16.2. The number of carbonyl (C=O) groups is 2. The third-order valence-electron chi connectivity index (χ3n) is 3.88. The Labute approximate surface area is 130 Å². The monoisotopic (exact) mass is 305 g/mol. The average Bonchev–Trinajstić information content (AvgIpc) is 2.79. The second kappa shape index (κ2) is 6.79. The molecular formula is C16H23N3O3. The van der Waals surface area contributed by atoms with Gasteiger partial charge in [-0.3, -0.25) is 9.69 Å². The van der Waals surface area contributed by atoms with Crippen LogP contribution in [0.4, 0.5) is 4.79 Å². The van der Waals surface area contributed by atoms with E-state index in [1.165, 1.54) is 4.90 Å². The fourth-order valence-corrected chi connectivity index (χ4v) is 2.65. The number of imide groups is 1. The van der Waals surface area contributed by atoms with Crippen LogP contribution in [0, 0.1) is 0 Å². The Morgan fingerprint density at radius 1 is 1.23 bits per heavy atom. The van der Waals surface area contributed by atoms with Crippen LogP contribution in [0.2, 0.25) is 0 Å². The molecule has 0 spiro atoms. The summed E-state index contributed by atoms with van der Waals surface area (Å²) >= 11 is 0. The molecule has 120 valence electrons. The Morgan fingerprint density at radius 3 is 2.45 bits per heavy atom. The molecule has 2 rings (SSSR count). The molecule has 1 aliphatic rings. The Balaban J connectivity index is 2.27. The number of nitrogens with zero attached hydrogens (tertiary/aromatic N) is 1. The summed E-state index contributed by atoms with van der Waals surface area (Å²) in [5.41, 5.74) is 5.23. The van der Waals surface area contributed by atoms with E-state index in [1.807, 2.05) is 38.1 Å². The minimum atomic E-state index is -1.00. The highest BCUT2D eigenvalue weighted by atomic mass is 16.5. The zero-order valence-electron chi connectivity index (χ0n) is 13.1. The fourth-order valence-electron chi connectivity index (χ4n) is 2.65. The maximum Gasteiger partial charge on any atom is 0.325 e. The Kier molecular flexibility index (Phi) is 5.03. The van der Waals surface area contributed by atoms with E-state index in [2.05, 4.69) is 5.32 Å². The second-order valence-corrected chi connectivity index (χ2v) is 5.31. The summed E-state index contributed by atoms with van der Waals surface area (Å²) in [6.45, 7) is 5.05. The predicted octanol–water partition coefficient (Wildman–Crippen LogP) is 1.59. The van der Waals surface area contributed by atoms with Crippen LogP contribution in [-0.4, -0.2) is 36.5 Å². The van der Waals surface area contributed by atoms with Crippen molar-refractivity contribution in [3.05, 3.63) is 29.8 Å². The molecular weight excluding hydrogens is 282 g/mol. The highest BCUT2D eigenvalue weighted by Crippen LogP contribution is 2.33. The van der Waals surface area contributed by atoms with E-state index in [0.29, 0.717) is 13.0 Å². The van der Waals surface area contributed by atoms with Crippen LogP contribution in [0.3, 0.4) is 0 Å². The number of hydrogen-bond donors (Lipinski definition) is 2. The number of carbonyl (C=O) groups excluding carboxylic acids is 2. The van der Waals surface area contributed by atoms with Crippen molar-refractivity contribution in [3.8, 4) is 5.75 Å². The lowest BCUT2D eigenvalue weighted by Crippen LogP contribution is -2.43. The highest BCUT2D eigenvalue weighted by Gasteiger charge is 2.50. The molecule has 0 saturated carbocycles. The molecule has 1 fully saturated rings. The Morgan fingerprint density at radius 2 is 1.91 bits per heavy atom. The SMILES string of the molecule is CCCOc1ccc(C2(CC)NC(=O)N(CCN)C2=O)cc1. The molecule has 0 aliphatic carbocycles. The first-order valence-electron chi connectivity index (χ1n) is 7.66. The first kappa shape index (κ1) is 16.3. The van der Waals surface area contributed by atoms with Crippen LogP contribution >= 0.6 is 0 Å². The second-order valence-electron chi connectivity index (χ2n) is 5.31. The van der Waals surface area contributed by atoms with Crippen molar-refractivity contribution in [1.29, 1.82) is 0 Å². The van der Waals surface area contributed by atoms with Crippen molar-refractivity contribution in [3.63, 3.8) is 0 Å². The van der Waals surface area contributed by atoms with Crippen LogP contribution < -0.4 is 15.8 Å². The number of rotatable bonds is 7. The largest absolute Gasteiger partial charge is 0.494 e. The molecule has 0 aromatic heterocycles. The predicted molar refractivity (Wildman–Crippen MR) is 83.5 cm³/mol. The molecule has 1 atom stereocenters. The van der Waals surface area contributed by atoms with E-state index in [1.54, 1.807) is 0 Å². The average molecular weight is 305 g/mol. The minimum absolute atomic E-state index is 0.226. The number of ether oxygens (including phenoxy) is 1. The Hall–Kier alpha value is -2.08. The van der Waals surface area contributed by atoms with Gasteiger partial charge in [0, 0.05) is 13.1 Å². The zero-order valence-corrected chi connectivity index (χ0v) is 13.1. The van der Waals surface area contributed by atoms with E-state index in [9.17, 15) is 9.59 Å². The Bertz CT molecular complexity index is 544. The van der Waals surface area contributed by atoms with Gasteiger partial charge in [0.05, 0.1) is 6.61 Å². The van der Waals surface area contributed by atoms with E-state index in [-0.39, 0.29) is 25.0 Å². The van der Waals surface area contributed by atoms with E-state index >= 15 is 0 Å². The summed E-state index contributed by atoms with van der Waals surface area (Å²) in [4.78, 5) is 25.9. The molecule has 1 aliphatic heterocycles. The van der Waals surface area contributed by atoms with E-state index < -0.39 is 5.54 Å². The minimum Gasteiger partial charge on any atom is -0.494 e. The topological polar surface area (TPSA) is 84.7 Å². The smallest absolute Gasteiger partial charge is 0.325 e. The quantitative estimate of drug-likeness (QED) is 0.749. The summed E-state index contributed by atoms with van der Waals surface area (Å²) in [5.74, 6) is 0.514. The third kappa shape index (κ3) is 2.78. The molecule has 6 nitrogen and oxygen atoms in total. The van der Waals surface area contributed by atoms with Crippen molar-refractivity contribution in [2.24, 2.45) is 5.73 Å². The van der Waals surface area contributed by atoms with Gasteiger partial charge in [-0.05, 0) is 30.5 Å². The van der Waals surface area contributed by atoms with Crippen molar-refractivity contribution in [2.75, 3.05) is 19.7 Å². The van der Waals surface area contributed by atoms with Crippen LogP contribution in [0.5, 0.6) is 5.75 Å². The molecule has 22 heavy (non-hydrogen) atoms. The maximum atomic E-state index is 12.7. The molecule has 6 heteroatoms. The van der Waals surface area contributed by atoms with Gasteiger partial charge >= 0.3 is 6.03 Å². The van der Waals surface area contributed by atoms with Gasteiger partial charge in [-0.25, -0.2) is 4.79 Å². The van der Waals surface area contributed by atoms with Gasteiger partial charge in [-0.2, -0.15) is 0 Å². The lowest BCUT2D eigenvalue weighted by molar-refractivity contribution is -0.131. The van der Waals surface area contributed by atoms with Gasteiger partial charge in [-0.1, -0.05) is 26.0 Å². The van der Waals surface area contributed by atoms with Crippen molar-refractivity contribution in [2.45, 2.75) is 32.2 Å². The normalized spacial score (nSPS) is 21.1. The summed E-state index contributed by atoms with van der Waals surface area (Å²) in [7, 11) is 0. The summed E-state index contributed by atoms with van der Waals surface area (Å²) in [5, 5.41) is 2.82. The molecule has 1 heterocycles. The van der Waals surface area contributed by atoms with Gasteiger partial charge in [0.2, 0.25) is 0 Å². The number of hydrogen-bond acceptors (Lipinski definition) is 4. The summed E-state index contributed by atoms with van der Waals surface area (Å²) in [6, 6.07) is 6.93. The van der Waals surface area contributed by atoms with Crippen LogP contribution in [0.25, 0.3) is 0 Å². The van der Waals surface area contributed by atoms with Gasteiger partial charge in [0.15, 0.2) is 0 Å². The lowest BCUT2D eigenvalue weighted by atomic mass is 9.87. The van der Waals surface area contributed by atoms with Crippen molar-refractivity contribution in [1.82, 2.24) is 10.2 Å². The van der Waals surface area contributed by atoms with E-state index in [0.717, 1.165) is 17.7 Å². The summed E-state index contributed by atoms with van der Waals surface area (Å²) < 4.78 is 5.55. The van der Waals surface area contributed by atoms with Gasteiger partial charge in [-0.15, -0.1) is 0 Å². The number of benzene rings is 1. The first-order chi connectivity index (χ1) is 10.6. The van der Waals surface area contributed by atoms with Crippen LogP contribution in [0.15, 0.2) is 24.3 Å². The van der Waals surface area contributed by atoms with E-state index in [4.69, 9.17) is 10.5 Å². The first-order valence-corrected chi connectivity index (χ1v) is 7.66. The number of urea groups is 1. The molecule has 3 N–H and O–H groups in total. The third-order valence-corrected chi connectivity index (χ3v) is 3.88. The number of amides is 3. The standard InChI is InChI=1S/C16H23N3O3/c1-3-11-22-13-7-5-12(6-8-13)16(4-2)14(20)19(10-9-17)15(21)18-16/h5-8H,3-4,9-11,17H2,1-2H3,(H,18,21). The fraction of sp³-hybridized carbons (Fsp3) is 0.500. The lowest BCUT2D eigenvalue weighted by Gasteiger charge is -2.26. The molecule has 3 amide bonds. The van der Waals surface area contributed by atoms with Crippen molar-refractivity contribution < 1.29 is 14.3 Å². The van der Waals surface area contributed by atoms with Crippen LogP contribution in [0.1, 0.15) is 32.3 Å². The van der Waals surface area contributed by atoms with Gasteiger partial charge < -0.3 is 15.8 Å². The molecule has 1 saturated heterocycles. The molecule has 0 radical (unpaired) electrons. The number of nitrogens with two attached hydrogens (primary N) is 1. The molecule has 1 unspecified atom stereocenters. The molecule has 1 aromatic rings. The maximum absolute atomic E-state index is 12.7. The molecule has 0 bridgehead atoms. The molecule has 1 aromatic carbocycles. The highest BCUT2D eigenvalue weighted by molar-refractivity contribution is 6.07. The summed E-state index contributed by atoms with van der Waals surface area (Å²) in [6.07, 6.45) is 1.41.